The number of amides is 1. The molecule has 1 saturated heterocycles. The minimum Gasteiger partial charge on any atom is -0.478 e. The van der Waals surface area contributed by atoms with Crippen LogP contribution < -0.4 is 10.1 Å². The minimum atomic E-state index is -1.08. The summed E-state index contributed by atoms with van der Waals surface area (Å²) in [7, 11) is 0. The van der Waals surface area contributed by atoms with Crippen LogP contribution in [0.3, 0.4) is 0 Å². The van der Waals surface area contributed by atoms with Crippen LogP contribution in [0, 0.1) is 23.0 Å². The van der Waals surface area contributed by atoms with E-state index in [1.165, 1.54) is 37.4 Å². The number of pyridine rings is 2. The highest BCUT2D eigenvalue weighted by molar-refractivity contribution is 6.31. The fourth-order valence-corrected chi connectivity index (χ4v) is 5.36. The first-order valence-corrected chi connectivity index (χ1v) is 15.2. The number of benzene rings is 2. The number of aromatic carboxylic acids is 1. The lowest BCUT2D eigenvalue weighted by atomic mass is 10.0. The highest BCUT2D eigenvalue weighted by Crippen LogP contribution is 2.29. The average molecular weight is 673 g/mol. The molecule has 244 valence electrons. The Balaban J connectivity index is 1.20. The second-order valence-corrected chi connectivity index (χ2v) is 11.6. The average Bonchev–Trinajstić information content (AvgIpc) is 3.39. The lowest BCUT2D eigenvalue weighted by molar-refractivity contribution is -0.0589. The summed E-state index contributed by atoms with van der Waals surface area (Å²) in [5.74, 6) is -2.45. The Morgan fingerprint density at radius 3 is 2.69 bits per heavy atom. The van der Waals surface area contributed by atoms with Gasteiger partial charge in [0.2, 0.25) is 5.88 Å². The normalized spacial score (nSPS) is 14.6. The van der Waals surface area contributed by atoms with E-state index in [0.717, 1.165) is 18.6 Å². The van der Waals surface area contributed by atoms with Gasteiger partial charge in [-0.1, -0.05) is 17.7 Å². The Hall–Kier alpha value is -5.45. The van der Waals surface area contributed by atoms with Crippen LogP contribution in [0.15, 0.2) is 60.8 Å². The molecule has 1 amide bonds. The standard InChI is InChI=1S/C34H27ClF2N6O5/c1-18(14-38)40-33(44)29-13-24(35)21(15-39-29)17-48-32-4-2-3-27(42-32)23-12-25(36)20(9-26(23)37)11-31-41-28-6-5-19(34(45)46)10-30(28)43(31)16-22-7-8-47-22/h2-6,9-10,12-13,15,18,22H,7-8,11,16-17H2,1H3,(H,40,44)(H,45,46)/t18-,22?/m0/s1. The number of halogens is 3. The van der Waals surface area contributed by atoms with Crippen molar-refractivity contribution in [1.82, 2.24) is 24.8 Å². The molecular weight excluding hydrogens is 646 g/mol. The van der Waals surface area contributed by atoms with Gasteiger partial charge in [-0.05, 0) is 61.4 Å². The number of aromatic nitrogens is 4. The van der Waals surface area contributed by atoms with Crippen LogP contribution in [0.4, 0.5) is 8.78 Å². The summed E-state index contributed by atoms with van der Waals surface area (Å²) in [6.45, 7) is 2.48. The molecule has 3 aromatic heterocycles. The highest BCUT2D eigenvalue weighted by atomic mass is 35.5. The van der Waals surface area contributed by atoms with Crippen molar-refractivity contribution in [1.29, 1.82) is 5.26 Å². The predicted octanol–water partition coefficient (Wildman–Crippen LogP) is 5.72. The molecule has 1 unspecified atom stereocenters. The number of carbonyl (C=O) groups is 2. The number of nitrogens with zero attached hydrogens (tertiary/aromatic N) is 5. The topological polar surface area (TPSA) is 152 Å². The lowest BCUT2D eigenvalue weighted by Gasteiger charge is -2.27. The minimum absolute atomic E-state index is 0.0314. The number of nitrogens with one attached hydrogen (secondary N) is 1. The first-order valence-electron chi connectivity index (χ1n) is 14.9. The van der Waals surface area contributed by atoms with Gasteiger partial charge in [0, 0.05) is 36.4 Å². The van der Waals surface area contributed by atoms with Gasteiger partial charge in [0.1, 0.15) is 35.8 Å². The Bertz CT molecular complexity index is 2090. The number of fused-ring (bicyclic) bond motifs is 1. The van der Waals surface area contributed by atoms with Crippen LogP contribution in [-0.4, -0.2) is 55.3 Å². The number of ether oxygens (including phenoxy) is 2. The predicted molar refractivity (Wildman–Crippen MR) is 170 cm³/mol. The summed E-state index contributed by atoms with van der Waals surface area (Å²) < 4.78 is 44.2. The van der Waals surface area contributed by atoms with Gasteiger partial charge in [-0.15, -0.1) is 0 Å². The fraction of sp³-hybridized carbons (Fsp3) is 0.235. The molecule has 1 aliphatic heterocycles. The van der Waals surface area contributed by atoms with Gasteiger partial charge in [0.25, 0.3) is 5.91 Å². The molecule has 0 aliphatic carbocycles. The molecule has 6 rings (SSSR count). The van der Waals surface area contributed by atoms with Crippen molar-refractivity contribution in [2.75, 3.05) is 6.61 Å². The molecule has 14 heteroatoms. The highest BCUT2D eigenvalue weighted by Gasteiger charge is 2.24. The van der Waals surface area contributed by atoms with E-state index in [9.17, 15) is 14.7 Å². The molecule has 5 aromatic rings. The number of imidazole rings is 1. The maximum Gasteiger partial charge on any atom is 0.335 e. The number of carboxylic acids is 1. The Morgan fingerprint density at radius 1 is 1.17 bits per heavy atom. The van der Waals surface area contributed by atoms with Gasteiger partial charge in [-0.25, -0.2) is 23.5 Å². The van der Waals surface area contributed by atoms with E-state index in [-0.39, 0.29) is 58.1 Å². The summed E-state index contributed by atoms with van der Waals surface area (Å²) >= 11 is 6.32. The van der Waals surface area contributed by atoms with Crippen molar-refractivity contribution in [2.45, 2.75) is 45.1 Å². The second kappa shape index (κ2) is 13.7. The quantitative estimate of drug-likeness (QED) is 0.179. The van der Waals surface area contributed by atoms with E-state index in [1.807, 2.05) is 6.07 Å². The van der Waals surface area contributed by atoms with Crippen LogP contribution in [-0.2, 0) is 24.3 Å². The van der Waals surface area contributed by atoms with Crippen molar-refractivity contribution < 1.29 is 33.0 Å². The van der Waals surface area contributed by atoms with Gasteiger partial charge in [0.05, 0.1) is 46.0 Å². The summed E-state index contributed by atoms with van der Waals surface area (Å²) in [6.07, 6.45) is 2.06. The SMILES string of the molecule is C[C@@H](C#N)NC(=O)c1cc(Cl)c(COc2cccc(-c3cc(F)c(Cc4nc5ccc(C(=O)O)cc5n4CC4CCO4)cc3F)n2)cn1. The monoisotopic (exact) mass is 672 g/mol. The molecule has 0 bridgehead atoms. The van der Waals surface area contributed by atoms with Gasteiger partial charge >= 0.3 is 5.97 Å². The fourth-order valence-electron chi connectivity index (χ4n) is 5.16. The lowest BCUT2D eigenvalue weighted by Crippen LogP contribution is -2.31. The van der Waals surface area contributed by atoms with Crippen molar-refractivity contribution in [3.05, 3.63) is 106 Å². The first-order chi connectivity index (χ1) is 23.1. The zero-order valence-corrected chi connectivity index (χ0v) is 26.2. The molecule has 1 aliphatic rings. The summed E-state index contributed by atoms with van der Waals surface area (Å²) in [6, 6.07) is 13.9. The van der Waals surface area contributed by atoms with E-state index < -0.39 is 29.6 Å². The third-order valence-corrected chi connectivity index (χ3v) is 8.17. The third kappa shape index (κ3) is 6.95. The summed E-state index contributed by atoms with van der Waals surface area (Å²) in [5.41, 5.74) is 1.80. The molecule has 0 saturated carbocycles. The van der Waals surface area contributed by atoms with Crippen LogP contribution in [0.1, 0.15) is 51.1 Å². The van der Waals surface area contributed by atoms with Crippen molar-refractivity contribution in [3.63, 3.8) is 0 Å². The van der Waals surface area contributed by atoms with Gasteiger partial charge < -0.3 is 24.5 Å². The zero-order chi connectivity index (χ0) is 33.9. The molecule has 4 heterocycles. The van der Waals surface area contributed by atoms with Crippen molar-refractivity contribution >= 4 is 34.5 Å². The van der Waals surface area contributed by atoms with E-state index in [2.05, 4.69) is 20.3 Å². The maximum absolute atomic E-state index is 15.6. The molecule has 0 spiro atoms. The van der Waals surface area contributed by atoms with Crippen LogP contribution in [0.5, 0.6) is 5.88 Å². The van der Waals surface area contributed by atoms with E-state index >= 15 is 8.78 Å². The molecule has 1 fully saturated rings. The number of carbonyl (C=O) groups excluding carboxylic acids is 1. The molecule has 11 nitrogen and oxygen atoms in total. The number of carboxylic acid groups (broad SMARTS) is 1. The Labute approximate surface area is 277 Å². The summed E-state index contributed by atoms with van der Waals surface area (Å²) in [5, 5.41) is 21.0. The van der Waals surface area contributed by atoms with Gasteiger partial charge in [-0.3, -0.25) is 9.78 Å². The second-order valence-electron chi connectivity index (χ2n) is 11.2. The molecule has 48 heavy (non-hydrogen) atoms. The number of rotatable bonds is 11. The molecule has 0 radical (unpaired) electrons. The summed E-state index contributed by atoms with van der Waals surface area (Å²) in [4.78, 5) is 36.8. The third-order valence-electron chi connectivity index (χ3n) is 7.82. The Morgan fingerprint density at radius 2 is 1.98 bits per heavy atom. The molecule has 2 aromatic carbocycles. The number of hydrogen-bond acceptors (Lipinski definition) is 8. The van der Waals surface area contributed by atoms with Gasteiger partial charge in [0.15, 0.2) is 0 Å². The number of nitriles is 1. The van der Waals surface area contributed by atoms with Crippen LogP contribution in [0.25, 0.3) is 22.3 Å². The van der Waals surface area contributed by atoms with E-state index in [4.69, 9.17) is 26.3 Å². The Kier molecular flexibility index (Phi) is 9.29. The smallest absolute Gasteiger partial charge is 0.335 e. The first kappa shape index (κ1) is 32.5. The van der Waals surface area contributed by atoms with Crippen molar-refractivity contribution in [2.24, 2.45) is 0 Å². The van der Waals surface area contributed by atoms with Crippen molar-refractivity contribution in [3.8, 4) is 23.2 Å². The molecule has 2 N–H and O–H groups in total. The molecule has 2 atom stereocenters. The largest absolute Gasteiger partial charge is 0.478 e. The van der Waals surface area contributed by atoms with Gasteiger partial charge in [-0.2, -0.15) is 5.26 Å². The molecular formula is C34H27ClF2N6O5. The zero-order valence-electron chi connectivity index (χ0n) is 25.4. The maximum atomic E-state index is 15.6. The van der Waals surface area contributed by atoms with E-state index in [0.29, 0.717) is 35.6 Å². The number of hydrogen-bond donors (Lipinski definition) is 2. The van der Waals surface area contributed by atoms with E-state index in [1.54, 1.807) is 22.8 Å². The van der Waals surface area contributed by atoms with Crippen LogP contribution in [0.2, 0.25) is 5.02 Å². The van der Waals surface area contributed by atoms with Crippen LogP contribution >= 0.6 is 11.6 Å².